The van der Waals surface area contributed by atoms with Crippen molar-refractivity contribution in [3.05, 3.63) is 29.8 Å². The maximum atomic E-state index is 12.4. The Morgan fingerprint density at radius 2 is 2.11 bits per heavy atom. The van der Waals surface area contributed by atoms with E-state index in [1.165, 1.54) is 0 Å². The van der Waals surface area contributed by atoms with Gasteiger partial charge in [0, 0.05) is 16.2 Å². The first-order valence-corrected chi connectivity index (χ1v) is 8.04. The van der Waals surface area contributed by atoms with E-state index in [-0.39, 0.29) is 21.5 Å². The third-order valence-electron chi connectivity index (χ3n) is 3.81. The second-order valence-corrected chi connectivity index (χ2v) is 7.00. The smallest absolute Gasteiger partial charge is 0.227 e. The molecule has 1 saturated heterocycles. The molecule has 2 aliphatic rings. The van der Waals surface area contributed by atoms with Crippen LogP contribution in [0.1, 0.15) is 13.4 Å². The van der Waals surface area contributed by atoms with Crippen molar-refractivity contribution in [2.75, 3.05) is 7.11 Å². The molecule has 2 bridgehead atoms. The van der Waals surface area contributed by atoms with Crippen LogP contribution in [0.15, 0.2) is 24.3 Å². The lowest BCUT2D eigenvalue weighted by Gasteiger charge is -2.30. The standard InChI is InChI=1S/C14H15Br2NO2/c1-19-9-4-2-8(3-5-9)7-17-13-11(15)6-10(12(13)16)14(17)18/h2-5,10-13H,6-7H2,1H3/t10-,11-,12+,13+/m0/s1/i13D. The Balaban J connectivity index is 1.85. The number of methoxy groups -OCH3 is 1. The highest BCUT2D eigenvalue weighted by molar-refractivity contribution is 9.10. The second kappa shape index (κ2) is 5.09. The van der Waals surface area contributed by atoms with Crippen LogP contribution in [0.4, 0.5) is 0 Å². The number of amides is 1. The molecule has 0 N–H and O–H groups in total. The van der Waals surface area contributed by atoms with Gasteiger partial charge in [-0.05, 0) is 24.1 Å². The molecule has 1 aliphatic carbocycles. The highest BCUT2D eigenvalue weighted by Crippen LogP contribution is 2.46. The molecule has 0 unspecified atom stereocenters. The van der Waals surface area contributed by atoms with Crippen molar-refractivity contribution >= 4 is 37.8 Å². The fourth-order valence-corrected chi connectivity index (χ4v) is 5.09. The first-order valence-electron chi connectivity index (χ1n) is 6.71. The Kier molecular flexibility index (Phi) is 3.27. The van der Waals surface area contributed by atoms with Gasteiger partial charge >= 0.3 is 0 Å². The summed E-state index contributed by atoms with van der Waals surface area (Å²) in [6.07, 6.45) is 0.733. The SMILES string of the molecule is [2H][C@]12[C@H](Br)[C@H](C[C@@H]1Br)C(=O)N2Cc1ccc(OC)cc1. The van der Waals surface area contributed by atoms with Crippen LogP contribution in [-0.2, 0) is 11.3 Å². The van der Waals surface area contributed by atoms with Crippen molar-refractivity contribution in [1.82, 2.24) is 4.90 Å². The maximum Gasteiger partial charge on any atom is 0.227 e. The first-order chi connectivity index (χ1) is 9.48. The molecule has 5 heteroatoms. The molecule has 3 rings (SSSR count). The lowest BCUT2D eigenvalue weighted by Crippen LogP contribution is -2.42. The average Bonchev–Trinajstić information content (AvgIpc) is 2.78. The van der Waals surface area contributed by atoms with Crippen molar-refractivity contribution in [1.29, 1.82) is 0 Å². The van der Waals surface area contributed by atoms with Crippen molar-refractivity contribution in [3.63, 3.8) is 0 Å². The number of alkyl halides is 2. The Morgan fingerprint density at radius 3 is 2.68 bits per heavy atom. The molecule has 102 valence electrons. The molecule has 0 aromatic heterocycles. The minimum atomic E-state index is -0.901. The monoisotopic (exact) mass is 388 g/mol. The van der Waals surface area contributed by atoms with Crippen LogP contribution in [0.5, 0.6) is 5.75 Å². The van der Waals surface area contributed by atoms with E-state index in [0.717, 1.165) is 17.7 Å². The minimum absolute atomic E-state index is 0.0142. The van der Waals surface area contributed by atoms with Gasteiger partial charge in [-0.25, -0.2) is 0 Å². The van der Waals surface area contributed by atoms with E-state index >= 15 is 0 Å². The lowest BCUT2D eigenvalue weighted by molar-refractivity contribution is -0.134. The Labute approximate surface area is 131 Å². The normalized spacial score (nSPS) is 37.6. The van der Waals surface area contributed by atoms with Gasteiger partial charge in [-0.1, -0.05) is 44.0 Å². The predicted octanol–water partition coefficient (Wildman–Crippen LogP) is 2.95. The minimum Gasteiger partial charge on any atom is -0.497 e. The number of piperidine rings is 1. The van der Waals surface area contributed by atoms with Crippen LogP contribution in [0.25, 0.3) is 0 Å². The number of rotatable bonds is 3. The van der Waals surface area contributed by atoms with Crippen LogP contribution < -0.4 is 4.74 Å². The number of hydrogen-bond donors (Lipinski definition) is 0. The number of carbonyl (C=O) groups is 1. The van der Waals surface area contributed by atoms with Gasteiger partial charge in [0.1, 0.15) is 5.75 Å². The van der Waals surface area contributed by atoms with E-state index in [4.69, 9.17) is 6.11 Å². The third kappa shape index (κ3) is 2.21. The van der Waals surface area contributed by atoms with Crippen molar-refractivity contribution in [3.8, 4) is 5.75 Å². The summed E-state index contributed by atoms with van der Waals surface area (Å²) in [5, 5.41) is 0. The predicted molar refractivity (Wildman–Crippen MR) is 80.9 cm³/mol. The maximum absolute atomic E-state index is 12.4. The van der Waals surface area contributed by atoms with Crippen LogP contribution in [0, 0.1) is 5.92 Å². The molecule has 1 heterocycles. The summed E-state index contributed by atoms with van der Waals surface area (Å²) < 4.78 is 13.8. The van der Waals surface area contributed by atoms with E-state index in [0.29, 0.717) is 6.54 Å². The molecular formula is C14H15Br2NO2. The van der Waals surface area contributed by atoms with E-state index in [9.17, 15) is 4.79 Å². The number of likely N-dealkylation sites (tertiary alicyclic amines) is 1. The molecule has 1 saturated carbocycles. The zero-order chi connectivity index (χ0) is 14.5. The van der Waals surface area contributed by atoms with Gasteiger partial charge < -0.3 is 9.64 Å². The first kappa shape index (κ1) is 12.2. The number of hydrogen-bond acceptors (Lipinski definition) is 2. The third-order valence-corrected chi connectivity index (χ3v) is 5.76. The van der Waals surface area contributed by atoms with E-state index in [2.05, 4.69) is 31.9 Å². The van der Waals surface area contributed by atoms with Gasteiger partial charge in [0.05, 0.1) is 20.4 Å². The average molecular weight is 390 g/mol. The highest BCUT2D eigenvalue weighted by Gasteiger charge is 2.55. The van der Waals surface area contributed by atoms with E-state index < -0.39 is 6.02 Å². The Hall–Kier alpha value is -0.550. The molecule has 1 aromatic carbocycles. The van der Waals surface area contributed by atoms with Crippen molar-refractivity contribution < 1.29 is 10.9 Å². The van der Waals surface area contributed by atoms with Gasteiger partial charge in [-0.3, -0.25) is 4.79 Å². The molecule has 19 heavy (non-hydrogen) atoms. The molecule has 0 radical (unpaired) electrons. The van der Waals surface area contributed by atoms with Crippen LogP contribution in [-0.4, -0.2) is 33.6 Å². The quantitative estimate of drug-likeness (QED) is 0.744. The molecule has 1 aromatic rings. The summed E-state index contributed by atoms with van der Waals surface area (Å²) in [4.78, 5) is 14.0. The molecule has 1 amide bonds. The summed E-state index contributed by atoms with van der Waals surface area (Å²) in [6.45, 7) is 0.465. The number of fused-ring (bicyclic) bond motifs is 2. The number of carbonyl (C=O) groups excluding carboxylic acids is 1. The summed E-state index contributed by atoms with van der Waals surface area (Å²) in [5.41, 5.74) is 1.01. The molecular weight excluding hydrogens is 374 g/mol. The highest BCUT2D eigenvalue weighted by atomic mass is 79.9. The largest absolute Gasteiger partial charge is 0.497 e. The Morgan fingerprint density at radius 1 is 1.42 bits per heavy atom. The second-order valence-electron chi connectivity index (χ2n) is 4.91. The van der Waals surface area contributed by atoms with Crippen molar-refractivity contribution in [2.24, 2.45) is 5.92 Å². The molecule has 3 nitrogen and oxygen atoms in total. The van der Waals surface area contributed by atoms with Gasteiger partial charge in [0.2, 0.25) is 5.91 Å². The number of benzene rings is 1. The number of nitrogens with zero attached hydrogens (tertiary/aromatic N) is 1. The topological polar surface area (TPSA) is 29.5 Å². The van der Waals surface area contributed by atoms with E-state index in [1.54, 1.807) is 12.0 Å². The lowest BCUT2D eigenvalue weighted by atomic mass is 10.1. The summed E-state index contributed by atoms with van der Waals surface area (Å²) >= 11 is 7.11. The summed E-state index contributed by atoms with van der Waals surface area (Å²) in [6, 6.07) is 6.73. The van der Waals surface area contributed by atoms with Gasteiger partial charge in [-0.15, -0.1) is 0 Å². The van der Waals surface area contributed by atoms with E-state index in [1.807, 2.05) is 24.3 Å². The van der Waals surface area contributed by atoms with Gasteiger partial charge in [0.25, 0.3) is 0 Å². The zero-order valence-electron chi connectivity index (χ0n) is 11.5. The summed E-state index contributed by atoms with van der Waals surface area (Å²) in [5.74, 6) is 0.781. The molecule has 2 fully saturated rings. The number of halogens is 2. The molecule has 4 atom stereocenters. The van der Waals surface area contributed by atoms with Gasteiger partial charge in [-0.2, -0.15) is 0 Å². The zero-order valence-corrected chi connectivity index (χ0v) is 13.6. The molecule has 0 spiro atoms. The summed E-state index contributed by atoms with van der Waals surface area (Å²) in [7, 11) is 1.63. The number of ether oxygens (including phenoxy) is 1. The van der Waals surface area contributed by atoms with Crippen molar-refractivity contribution in [2.45, 2.75) is 28.6 Å². The van der Waals surface area contributed by atoms with Gasteiger partial charge in [0.15, 0.2) is 0 Å². The Bertz CT molecular complexity index is 538. The van der Waals surface area contributed by atoms with Crippen LogP contribution in [0.3, 0.4) is 0 Å². The fourth-order valence-electron chi connectivity index (χ4n) is 2.80. The van der Waals surface area contributed by atoms with Crippen LogP contribution >= 0.6 is 31.9 Å². The molecule has 1 aliphatic heterocycles. The van der Waals surface area contributed by atoms with Crippen LogP contribution in [0.2, 0.25) is 0 Å². The fraction of sp³-hybridized carbons (Fsp3) is 0.500.